The van der Waals surface area contributed by atoms with Crippen molar-refractivity contribution >= 4 is 17.7 Å². The molecule has 0 aliphatic carbocycles. The fourth-order valence-corrected chi connectivity index (χ4v) is 3.40. The van der Waals surface area contributed by atoms with Crippen LogP contribution in [0.1, 0.15) is 22.5 Å². The molecule has 5 nitrogen and oxygen atoms in total. The Bertz CT molecular complexity index is 862. The van der Waals surface area contributed by atoms with Gasteiger partial charge in [0.05, 0.1) is 23.0 Å². The molecule has 0 bridgehead atoms. The average Bonchev–Trinajstić information content (AvgIpc) is 2.93. The summed E-state index contributed by atoms with van der Waals surface area (Å²) in [6.45, 7) is 5.26. The maximum atomic E-state index is 12.1. The minimum absolute atomic E-state index is 0.00439. The van der Waals surface area contributed by atoms with Crippen molar-refractivity contribution in [1.29, 1.82) is 0 Å². The molecular weight excluding hydrogens is 344 g/mol. The molecule has 1 aromatic carbocycles. The van der Waals surface area contributed by atoms with Crippen LogP contribution >= 0.6 is 11.8 Å². The number of amides is 1. The van der Waals surface area contributed by atoms with E-state index in [9.17, 15) is 4.79 Å². The Balaban J connectivity index is 1.57. The van der Waals surface area contributed by atoms with Crippen LogP contribution in [0.3, 0.4) is 0 Å². The predicted octanol–water partition coefficient (Wildman–Crippen LogP) is 3.35. The van der Waals surface area contributed by atoms with Gasteiger partial charge in [0.25, 0.3) is 0 Å². The van der Waals surface area contributed by atoms with E-state index < -0.39 is 0 Å². The van der Waals surface area contributed by atoms with E-state index in [0.29, 0.717) is 12.3 Å². The van der Waals surface area contributed by atoms with Crippen molar-refractivity contribution in [2.45, 2.75) is 32.0 Å². The first kappa shape index (κ1) is 18.2. The first-order valence-electron chi connectivity index (χ1n) is 8.51. The third-order valence-corrected chi connectivity index (χ3v) is 5.10. The summed E-state index contributed by atoms with van der Waals surface area (Å²) in [5.74, 6) is 0.350. The van der Waals surface area contributed by atoms with Gasteiger partial charge >= 0.3 is 0 Å². The summed E-state index contributed by atoms with van der Waals surface area (Å²) < 4.78 is 1.99. The second-order valence-corrected chi connectivity index (χ2v) is 7.02. The third-order valence-electron chi connectivity index (χ3n) is 4.16. The van der Waals surface area contributed by atoms with Crippen molar-refractivity contribution < 1.29 is 4.79 Å². The standard InChI is InChI=1S/C20H22N4OS/c1-15-18(12-22-19(25)14-26-20-10-6-7-11-21-20)16(2)24(23-15)13-17-8-4-3-5-9-17/h3-11H,12-14H2,1-2H3,(H,22,25). The van der Waals surface area contributed by atoms with Gasteiger partial charge in [-0.05, 0) is 31.5 Å². The maximum Gasteiger partial charge on any atom is 0.230 e. The summed E-state index contributed by atoms with van der Waals surface area (Å²) in [6.07, 6.45) is 1.73. The molecule has 0 aliphatic heterocycles. The molecule has 2 heterocycles. The van der Waals surface area contributed by atoms with E-state index in [0.717, 1.165) is 28.5 Å². The number of hydrogen-bond acceptors (Lipinski definition) is 4. The Morgan fingerprint density at radius 2 is 1.88 bits per heavy atom. The van der Waals surface area contributed by atoms with E-state index in [4.69, 9.17) is 0 Å². The SMILES string of the molecule is Cc1nn(Cc2ccccc2)c(C)c1CNC(=O)CSc1ccccn1. The number of aromatic nitrogens is 3. The second kappa shape index (κ2) is 8.67. The number of nitrogens with zero attached hydrogens (tertiary/aromatic N) is 3. The molecule has 0 saturated heterocycles. The van der Waals surface area contributed by atoms with Crippen molar-refractivity contribution in [2.75, 3.05) is 5.75 Å². The van der Waals surface area contributed by atoms with Crippen LogP contribution < -0.4 is 5.32 Å². The van der Waals surface area contributed by atoms with Gasteiger partial charge in [0, 0.05) is 24.0 Å². The van der Waals surface area contributed by atoms with Gasteiger partial charge in [-0.2, -0.15) is 5.10 Å². The molecule has 3 rings (SSSR count). The molecule has 26 heavy (non-hydrogen) atoms. The first-order chi connectivity index (χ1) is 12.6. The van der Waals surface area contributed by atoms with Crippen LogP contribution in [0, 0.1) is 13.8 Å². The predicted molar refractivity (Wildman–Crippen MR) is 104 cm³/mol. The van der Waals surface area contributed by atoms with E-state index >= 15 is 0 Å². The molecule has 0 saturated carbocycles. The molecule has 3 aromatic rings. The van der Waals surface area contributed by atoms with E-state index in [1.54, 1.807) is 6.20 Å². The zero-order chi connectivity index (χ0) is 18.4. The highest BCUT2D eigenvalue weighted by Gasteiger charge is 2.13. The zero-order valence-electron chi connectivity index (χ0n) is 15.0. The molecule has 1 N–H and O–H groups in total. The molecular formula is C20H22N4OS. The van der Waals surface area contributed by atoms with Gasteiger partial charge in [-0.25, -0.2) is 4.98 Å². The zero-order valence-corrected chi connectivity index (χ0v) is 15.8. The highest BCUT2D eigenvalue weighted by molar-refractivity contribution is 7.99. The Morgan fingerprint density at radius 3 is 2.62 bits per heavy atom. The van der Waals surface area contributed by atoms with E-state index in [-0.39, 0.29) is 5.91 Å². The van der Waals surface area contributed by atoms with E-state index in [2.05, 4.69) is 27.5 Å². The molecule has 0 aliphatic rings. The van der Waals surface area contributed by atoms with Crippen molar-refractivity contribution in [1.82, 2.24) is 20.1 Å². The number of aryl methyl sites for hydroxylation is 1. The minimum Gasteiger partial charge on any atom is -0.351 e. The number of pyridine rings is 1. The lowest BCUT2D eigenvalue weighted by molar-refractivity contribution is -0.118. The van der Waals surface area contributed by atoms with Crippen molar-refractivity contribution in [3.8, 4) is 0 Å². The largest absolute Gasteiger partial charge is 0.351 e. The molecule has 6 heteroatoms. The van der Waals surface area contributed by atoms with Crippen LogP contribution in [-0.2, 0) is 17.9 Å². The van der Waals surface area contributed by atoms with Gasteiger partial charge in [-0.1, -0.05) is 48.2 Å². The number of hydrogen-bond donors (Lipinski definition) is 1. The number of carbonyl (C=O) groups excluding carboxylic acids is 1. The number of rotatable bonds is 7. The number of benzene rings is 1. The lowest BCUT2D eigenvalue weighted by Gasteiger charge is -2.07. The molecule has 1 amide bonds. The average molecular weight is 366 g/mol. The number of carbonyl (C=O) groups is 1. The summed E-state index contributed by atoms with van der Waals surface area (Å²) in [5, 5.41) is 8.47. The minimum atomic E-state index is -0.00439. The van der Waals surface area contributed by atoms with Crippen LogP contribution in [0.15, 0.2) is 59.8 Å². The van der Waals surface area contributed by atoms with Crippen LogP contribution in [-0.4, -0.2) is 26.4 Å². The topological polar surface area (TPSA) is 59.8 Å². The molecule has 0 radical (unpaired) electrons. The van der Waals surface area contributed by atoms with Gasteiger partial charge in [-0.15, -0.1) is 0 Å². The smallest absolute Gasteiger partial charge is 0.230 e. The van der Waals surface area contributed by atoms with Crippen LogP contribution in [0.5, 0.6) is 0 Å². The number of nitrogens with one attached hydrogen (secondary N) is 1. The number of thioether (sulfide) groups is 1. The normalized spacial score (nSPS) is 10.7. The van der Waals surface area contributed by atoms with Crippen LogP contribution in [0.4, 0.5) is 0 Å². The van der Waals surface area contributed by atoms with Gasteiger partial charge in [-0.3, -0.25) is 9.48 Å². The van der Waals surface area contributed by atoms with Crippen LogP contribution in [0.25, 0.3) is 0 Å². The van der Waals surface area contributed by atoms with Crippen molar-refractivity contribution in [2.24, 2.45) is 0 Å². The van der Waals surface area contributed by atoms with Crippen molar-refractivity contribution in [3.05, 3.63) is 77.2 Å². The highest BCUT2D eigenvalue weighted by Crippen LogP contribution is 2.16. The van der Waals surface area contributed by atoms with Gasteiger partial charge in [0.1, 0.15) is 0 Å². The Morgan fingerprint density at radius 1 is 1.12 bits per heavy atom. The molecule has 2 aromatic heterocycles. The summed E-state index contributed by atoms with van der Waals surface area (Å²) >= 11 is 1.44. The van der Waals surface area contributed by atoms with Gasteiger partial charge in [0.15, 0.2) is 0 Å². The molecule has 0 spiro atoms. The quantitative estimate of drug-likeness (QED) is 0.652. The summed E-state index contributed by atoms with van der Waals surface area (Å²) in [6, 6.07) is 15.9. The van der Waals surface area contributed by atoms with E-state index in [1.165, 1.54) is 17.3 Å². The molecule has 0 unspecified atom stereocenters. The Kier molecular flexibility index (Phi) is 6.07. The highest BCUT2D eigenvalue weighted by atomic mass is 32.2. The molecule has 134 valence electrons. The molecule has 0 atom stereocenters. The van der Waals surface area contributed by atoms with Gasteiger partial charge in [0.2, 0.25) is 5.91 Å². The van der Waals surface area contributed by atoms with Gasteiger partial charge < -0.3 is 5.32 Å². The van der Waals surface area contributed by atoms with E-state index in [1.807, 2.05) is 54.9 Å². The van der Waals surface area contributed by atoms with Crippen LogP contribution in [0.2, 0.25) is 0 Å². The monoisotopic (exact) mass is 366 g/mol. The maximum absolute atomic E-state index is 12.1. The molecule has 0 fully saturated rings. The fourth-order valence-electron chi connectivity index (χ4n) is 2.71. The second-order valence-electron chi connectivity index (χ2n) is 6.03. The Hall–Kier alpha value is -2.60. The summed E-state index contributed by atoms with van der Waals surface area (Å²) in [4.78, 5) is 16.3. The lowest BCUT2D eigenvalue weighted by atomic mass is 10.2. The van der Waals surface area contributed by atoms with Crippen molar-refractivity contribution in [3.63, 3.8) is 0 Å². The Labute approximate surface area is 157 Å². The lowest BCUT2D eigenvalue weighted by Crippen LogP contribution is -2.25. The third kappa shape index (κ3) is 4.73. The fraction of sp³-hybridized carbons (Fsp3) is 0.250. The summed E-state index contributed by atoms with van der Waals surface area (Å²) in [7, 11) is 0. The summed E-state index contributed by atoms with van der Waals surface area (Å²) in [5.41, 5.74) is 4.33. The first-order valence-corrected chi connectivity index (χ1v) is 9.49.